The highest BCUT2D eigenvalue weighted by Crippen LogP contribution is 2.40. The first-order valence-electron chi connectivity index (χ1n) is 12.2. The van der Waals surface area contributed by atoms with Gasteiger partial charge in [0.2, 0.25) is 10.0 Å². The second-order valence-corrected chi connectivity index (χ2v) is 11.4. The van der Waals surface area contributed by atoms with Gasteiger partial charge in [0.25, 0.3) is 5.91 Å². The zero-order valence-electron chi connectivity index (χ0n) is 19.8. The Morgan fingerprint density at radius 3 is 2.44 bits per heavy atom. The van der Waals surface area contributed by atoms with Crippen LogP contribution in [0.1, 0.15) is 48.8 Å². The number of hydrogen-bond acceptors (Lipinski definition) is 5. The highest BCUT2D eigenvalue weighted by atomic mass is 32.2. The Bertz CT molecular complexity index is 1080. The van der Waals surface area contributed by atoms with Crippen molar-refractivity contribution in [2.45, 2.75) is 44.7 Å². The van der Waals surface area contributed by atoms with E-state index in [2.05, 4.69) is 52.7 Å². The fourth-order valence-electron chi connectivity index (χ4n) is 4.58. The normalized spacial score (nSPS) is 21.6. The van der Waals surface area contributed by atoms with Gasteiger partial charge in [-0.3, -0.25) is 9.69 Å². The molecule has 0 radical (unpaired) electrons. The highest BCUT2D eigenvalue weighted by molar-refractivity contribution is 7.90. The molecule has 0 unspecified atom stereocenters. The molecule has 1 heterocycles. The molecule has 1 amide bonds. The average molecular weight is 482 g/mol. The monoisotopic (exact) mass is 481 g/mol. The topological polar surface area (TPSA) is 78.5 Å². The molecule has 34 heavy (non-hydrogen) atoms. The van der Waals surface area contributed by atoms with E-state index in [0.717, 1.165) is 37.7 Å². The molecule has 7 heteroatoms. The summed E-state index contributed by atoms with van der Waals surface area (Å²) in [4.78, 5) is 14.2. The van der Waals surface area contributed by atoms with Crippen LogP contribution in [0.3, 0.4) is 0 Å². The third kappa shape index (κ3) is 7.26. The molecule has 1 aliphatic heterocycles. The summed E-state index contributed by atoms with van der Waals surface area (Å²) in [6.07, 6.45) is 6.60. The smallest absolute Gasteiger partial charge is 0.257 e. The van der Waals surface area contributed by atoms with Gasteiger partial charge in [-0.15, -0.1) is 0 Å². The maximum absolute atomic E-state index is 11.7. The van der Waals surface area contributed by atoms with Gasteiger partial charge in [0.15, 0.2) is 0 Å². The summed E-state index contributed by atoms with van der Waals surface area (Å²) < 4.78 is 24.9. The number of carbonyl (C=O) groups is 1. The zero-order valence-corrected chi connectivity index (χ0v) is 20.6. The minimum Gasteiger partial charge on any atom is -0.313 e. The number of amides is 1. The van der Waals surface area contributed by atoms with Gasteiger partial charge in [-0.05, 0) is 74.5 Å². The molecule has 2 aromatic carbocycles. The maximum atomic E-state index is 11.7. The Labute approximate surface area is 203 Å². The van der Waals surface area contributed by atoms with Crippen molar-refractivity contribution in [3.8, 4) is 0 Å². The van der Waals surface area contributed by atoms with Crippen molar-refractivity contribution in [1.82, 2.24) is 14.9 Å². The molecule has 1 saturated carbocycles. The van der Waals surface area contributed by atoms with Crippen LogP contribution in [-0.4, -0.2) is 50.7 Å². The molecule has 1 aliphatic carbocycles. The molecule has 182 valence electrons. The van der Waals surface area contributed by atoms with Crippen molar-refractivity contribution < 1.29 is 13.2 Å². The second kappa shape index (κ2) is 11.3. The van der Waals surface area contributed by atoms with Gasteiger partial charge >= 0.3 is 0 Å². The summed E-state index contributed by atoms with van der Waals surface area (Å²) in [6, 6.07) is 19.5. The number of hydrogen-bond donors (Lipinski definition) is 2. The van der Waals surface area contributed by atoms with E-state index in [1.165, 1.54) is 43.4 Å². The van der Waals surface area contributed by atoms with Crippen molar-refractivity contribution in [3.05, 3.63) is 77.4 Å². The number of piperidine rings is 1. The standard InChI is InChI=1S/C27H35N3O3S/c1-2-34(32,33)29-27(31)13-12-21-8-10-23(11-9-21)20-30-16-14-22(15-17-30)19-28-26-18-25(26)24-6-4-3-5-7-24/h3-13,22,25-26,28H,2,14-20H2,1H3,(H,29,31)/t25-,26+/m0/s1. The quantitative estimate of drug-likeness (QED) is 0.508. The van der Waals surface area contributed by atoms with E-state index in [4.69, 9.17) is 0 Å². The molecule has 6 nitrogen and oxygen atoms in total. The van der Waals surface area contributed by atoms with Crippen LogP contribution in [0.5, 0.6) is 0 Å². The number of nitrogens with one attached hydrogen (secondary N) is 2. The van der Waals surface area contributed by atoms with Gasteiger partial charge in [-0.2, -0.15) is 0 Å². The van der Waals surface area contributed by atoms with Crippen LogP contribution >= 0.6 is 0 Å². The first kappa shape index (κ1) is 24.6. The number of likely N-dealkylation sites (tertiary alicyclic amines) is 1. The Kier molecular flexibility index (Phi) is 8.19. The molecule has 2 aliphatic rings. The van der Waals surface area contributed by atoms with Crippen LogP contribution in [0.4, 0.5) is 0 Å². The lowest BCUT2D eigenvalue weighted by molar-refractivity contribution is -0.114. The molecule has 4 rings (SSSR count). The number of carbonyl (C=O) groups excluding carboxylic acids is 1. The molecule has 0 bridgehead atoms. The van der Waals surface area contributed by atoms with Crippen LogP contribution in [0, 0.1) is 5.92 Å². The fourth-order valence-corrected chi connectivity index (χ4v) is 5.10. The Morgan fingerprint density at radius 1 is 1.06 bits per heavy atom. The van der Waals surface area contributed by atoms with Crippen molar-refractivity contribution in [3.63, 3.8) is 0 Å². The van der Waals surface area contributed by atoms with Crippen molar-refractivity contribution in [2.24, 2.45) is 5.92 Å². The lowest BCUT2D eigenvalue weighted by Crippen LogP contribution is -2.37. The lowest BCUT2D eigenvalue weighted by atomic mass is 9.96. The van der Waals surface area contributed by atoms with E-state index in [9.17, 15) is 13.2 Å². The minimum absolute atomic E-state index is 0.121. The summed E-state index contributed by atoms with van der Waals surface area (Å²) in [6.45, 7) is 5.78. The molecular formula is C27H35N3O3S. The molecule has 2 aromatic rings. The van der Waals surface area contributed by atoms with E-state index in [-0.39, 0.29) is 5.75 Å². The number of nitrogens with zero attached hydrogens (tertiary/aromatic N) is 1. The van der Waals surface area contributed by atoms with E-state index < -0.39 is 15.9 Å². The third-order valence-electron chi connectivity index (χ3n) is 6.84. The summed E-state index contributed by atoms with van der Waals surface area (Å²) in [7, 11) is -3.53. The summed E-state index contributed by atoms with van der Waals surface area (Å²) >= 11 is 0. The van der Waals surface area contributed by atoms with Crippen LogP contribution in [0.25, 0.3) is 6.08 Å². The SMILES string of the molecule is CCS(=O)(=O)NC(=O)C=Cc1ccc(CN2CCC(CN[C@@H]3C[C@H]3c3ccccc3)CC2)cc1. The zero-order chi connectivity index (χ0) is 24.0. The fraction of sp³-hybridized carbons (Fsp3) is 0.444. The van der Waals surface area contributed by atoms with E-state index in [0.29, 0.717) is 12.0 Å². The highest BCUT2D eigenvalue weighted by Gasteiger charge is 2.38. The lowest BCUT2D eigenvalue weighted by Gasteiger charge is -2.32. The predicted octanol–water partition coefficient (Wildman–Crippen LogP) is 3.52. The Balaban J connectivity index is 1.15. The van der Waals surface area contributed by atoms with E-state index in [1.807, 2.05) is 16.9 Å². The minimum atomic E-state index is -3.53. The van der Waals surface area contributed by atoms with Gasteiger partial charge < -0.3 is 5.32 Å². The van der Waals surface area contributed by atoms with Crippen LogP contribution in [0.2, 0.25) is 0 Å². The second-order valence-electron chi connectivity index (χ2n) is 9.43. The van der Waals surface area contributed by atoms with Crippen molar-refractivity contribution in [1.29, 1.82) is 0 Å². The third-order valence-corrected chi connectivity index (χ3v) is 8.12. The van der Waals surface area contributed by atoms with Gasteiger partial charge in [0, 0.05) is 24.6 Å². The summed E-state index contributed by atoms with van der Waals surface area (Å²) in [5.74, 6) is 0.700. The Morgan fingerprint density at radius 2 is 1.76 bits per heavy atom. The molecular weight excluding hydrogens is 446 g/mol. The summed E-state index contributed by atoms with van der Waals surface area (Å²) in [5, 5.41) is 3.79. The van der Waals surface area contributed by atoms with Gasteiger partial charge in [0.05, 0.1) is 5.75 Å². The predicted molar refractivity (Wildman–Crippen MR) is 137 cm³/mol. The molecule has 0 spiro atoms. The maximum Gasteiger partial charge on any atom is 0.257 e. The largest absolute Gasteiger partial charge is 0.313 e. The number of sulfonamides is 1. The van der Waals surface area contributed by atoms with Crippen molar-refractivity contribution >= 4 is 22.0 Å². The van der Waals surface area contributed by atoms with E-state index in [1.54, 1.807) is 6.08 Å². The molecule has 2 fully saturated rings. The first-order chi connectivity index (χ1) is 16.4. The van der Waals surface area contributed by atoms with Crippen LogP contribution in [-0.2, 0) is 21.4 Å². The first-order valence-corrected chi connectivity index (χ1v) is 13.9. The number of rotatable bonds is 10. The molecule has 0 aromatic heterocycles. The van der Waals surface area contributed by atoms with Gasteiger partial charge in [0.1, 0.15) is 0 Å². The Hall–Kier alpha value is -2.48. The molecule has 2 atom stereocenters. The number of benzene rings is 2. The summed E-state index contributed by atoms with van der Waals surface area (Å²) in [5.41, 5.74) is 3.57. The average Bonchev–Trinajstić information content (AvgIpc) is 3.63. The molecule has 2 N–H and O–H groups in total. The molecule has 1 saturated heterocycles. The van der Waals surface area contributed by atoms with Crippen LogP contribution < -0.4 is 10.0 Å². The van der Waals surface area contributed by atoms with Crippen LogP contribution in [0.15, 0.2) is 60.7 Å². The van der Waals surface area contributed by atoms with E-state index >= 15 is 0 Å². The van der Waals surface area contributed by atoms with Gasteiger partial charge in [-0.25, -0.2) is 13.1 Å². The van der Waals surface area contributed by atoms with Crippen molar-refractivity contribution in [2.75, 3.05) is 25.4 Å². The van der Waals surface area contributed by atoms with Gasteiger partial charge in [-0.1, -0.05) is 54.6 Å².